The predicted molar refractivity (Wildman–Crippen MR) is 158 cm³/mol. The second kappa shape index (κ2) is 13.5. The second-order valence-electron chi connectivity index (χ2n) is 10.0. The number of aryl methyl sites for hydroxylation is 2. The molecule has 9 heteroatoms. The molecule has 2 amide bonds. The highest BCUT2D eigenvalue weighted by molar-refractivity contribution is 7.92. The van der Waals surface area contributed by atoms with Crippen LogP contribution in [0.1, 0.15) is 43.9 Å². The van der Waals surface area contributed by atoms with Crippen LogP contribution in [-0.4, -0.2) is 50.9 Å². The van der Waals surface area contributed by atoms with E-state index in [-0.39, 0.29) is 23.4 Å². The molecule has 40 heavy (non-hydrogen) atoms. The summed E-state index contributed by atoms with van der Waals surface area (Å²) in [4.78, 5) is 28.6. The van der Waals surface area contributed by atoms with Gasteiger partial charge in [0, 0.05) is 12.6 Å². The Morgan fingerprint density at radius 2 is 1.57 bits per heavy atom. The fourth-order valence-electron chi connectivity index (χ4n) is 4.17. The molecule has 0 aliphatic rings. The van der Waals surface area contributed by atoms with Gasteiger partial charge < -0.3 is 15.0 Å². The van der Waals surface area contributed by atoms with E-state index < -0.39 is 28.5 Å². The largest absolute Gasteiger partial charge is 0.497 e. The van der Waals surface area contributed by atoms with Crippen LogP contribution in [0, 0.1) is 13.8 Å². The van der Waals surface area contributed by atoms with E-state index in [0.29, 0.717) is 11.4 Å². The highest BCUT2D eigenvalue weighted by atomic mass is 32.2. The highest BCUT2D eigenvalue weighted by Crippen LogP contribution is 2.27. The monoisotopic (exact) mass is 565 g/mol. The molecule has 0 aliphatic heterocycles. The minimum absolute atomic E-state index is 0.0644. The van der Waals surface area contributed by atoms with Crippen molar-refractivity contribution in [3.8, 4) is 5.75 Å². The Balaban J connectivity index is 2.03. The van der Waals surface area contributed by atoms with Gasteiger partial charge in [0.15, 0.2) is 0 Å². The number of sulfonamides is 1. The van der Waals surface area contributed by atoms with E-state index in [1.807, 2.05) is 52.0 Å². The number of carbonyl (C=O) groups excluding carboxylic acids is 2. The lowest BCUT2D eigenvalue weighted by molar-refractivity contribution is -0.139. The normalized spacial score (nSPS) is 12.8. The van der Waals surface area contributed by atoms with Crippen LogP contribution in [0.5, 0.6) is 5.75 Å². The zero-order chi connectivity index (χ0) is 29.4. The molecule has 1 N–H and O–H groups in total. The molecular weight excluding hydrogens is 526 g/mol. The van der Waals surface area contributed by atoms with Gasteiger partial charge >= 0.3 is 0 Å². The number of hydrogen-bond donors (Lipinski definition) is 1. The highest BCUT2D eigenvalue weighted by Gasteiger charge is 2.32. The zero-order valence-electron chi connectivity index (χ0n) is 24.0. The molecule has 0 aromatic heterocycles. The lowest BCUT2D eigenvalue weighted by Gasteiger charge is -2.32. The standard InChI is InChI=1S/C31H39N3O5S/c1-7-24(4)32-31(36)25(5)33(20-26-10-8-9-23(3)19-26)30(35)21-34(27-13-15-28(39-6)16-14-27)40(37,38)29-17-11-22(2)12-18-29/h8-19,24-25H,7,20-21H2,1-6H3,(H,32,36). The topological polar surface area (TPSA) is 96.0 Å². The molecule has 214 valence electrons. The van der Waals surface area contributed by atoms with Crippen molar-refractivity contribution in [3.63, 3.8) is 0 Å². The van der Waals surface area contributed by atoms with Crippen LogP contribution in [0.15, 0.2) is 77.7 Å². The van der Waals surface area contributed by atoms with Crippen LogP contribution >= 0.6 is 0 Å². The minimum atomic E-state index is -4.12. The van der Waals surface area contributed by atoms with Crippen LogP contribution in [0.2, 0.25) is 0 Å². The molecule has 0 heterocycles. The van der Waals surface area contributed by atoms with E-state index in [1.165, 1.54) is 24.1 Å². The number of methoxy groups -OCH3 is 1. The van der Waals surface area contributed by atoms with Gasteiger partial charge in [-0.3, -0.25) is 13.9 Å². The Morgan fingerprint density at radius 1 is 0.925 bits per heavy atom. The number of carbonyl (C=O) groups is 2. The van der Waals surface area contributed by atoms with Crippen molar-refractivity contribution in [2.45, 2.75) is 64.6 Å². The molecule has 8 nitrogen and oxygen atoms in total. The number of nitrogens with zero attached hydrogens (tertiary/aromatic N) is 2. The molecule has 3 rings (SSSR count). The molecule has 0 saturated heterocycles. The zero-order valence-corrected chi connectivity index (χ0v) is 24.9. The van der Waals surface area contributed by atoms with E-state index >= 15 is 0 Å². The third-order valence-corrected chi connectivity index (χ3v) is 8.64. The van der Waals surface area contributed by atoms with Gasteiger partial charge in [-0.25, -0.2) is 8.42 Å². The van der Waals surface area contributed by atoms with E-state index in [1.54, 1.807) is 43.3 Å². The lowest BCUT2D eigenvalue weighted by Crippen LogP contribution is -2.52. The smallest absolute Gasteiger partial charge is 0.264 e. The Morgan fingerprint density at radius 3 is 2.15 bits per heavy atom. The molecular formula is C31H39N3O5S. The van der Waals surface area contributed by atoms with Crippen molar-refractivity contribution in [2.75, 3.05) is 18.0 Å². The molecule has 3 aromatic rings. The summed E-state index contributed by atoms with van der Waals surface area (Å²) >= 11 is 0. The first-order chi connectivity index (χ1) is 19.0. The maximum atomic E-state index is 14.0. The van der Waals surface area contributed by atoms with Crippen molar-refractivity contribution in [3.05, 3.63) is 89.5 Å². The van der Waals surface area contributed by atoms with Gasteiger partial charge in [0.1, 0.15) is 18.3 Å². The first-order valence-electron chi connectivity index (χ1n) is 13.3. The maximum Gasteiger partial charge on any atom is 0.264 e. The van der Waals surface area contributed by atoms with E-state index in [4.69, 9.17) is 4.74 Å². The summed E-state index contributed by atoms with van der Waals surface area (Å²) in [5.41, 5.74) is 3.08. The van der Waals surface area contributed by atoms with Gasteiger partial charge in [-0.05, 0) is 76.1 Å². The second-order valence-corrected chi connectivity index (χ2v) is 11.9. The van der Waals surface area contributed by atoms with E-state index in [2.05, 4.69) is 5.32 Å². The summed E-state index contributed by atoms with van der Waals surface area (Å²) in [6.07, 6.45) is 0.740. The predicted octanol–water partition coefficient (Wildman–Crippen LogP) is 4.84. The first-order valence-corrected chi connectivity index (χ1v) is 14.8. The van der Waals surface area contributed by atoms with E-state index in [0.717, 1.165) is 27.4 Å². The number of amides is 2. The summed E-state index contributed by atoms with van der Waals surface area (Å²) in [5.74, 6) is -0.244. The Labute approximate surface area is 238 Å². The molecule has 0 saturated carbocycles. The SMILES string of the molecule is CCC(C)NC(=O)C(C)N(Cc1cccc(C)c1)C(=O)CN(c1ccc(OC)cc1)S(=O)(=O)c1ccc(C)cc1. The van der Waals surface area contributed by atoms with Gasteiger partial charge in [0.05, 0.1) is 17.7 Å². The molecule has 0 bridgehead atoms. The van der Waals surface area contributed by atoms with Crippen LogP contribution in [0.3, 0.4) is 0 Å². The number of rotatable bonds is 12. The molecule has 3 aromatic carbocycles. The summed E-state index contributed by atoms with van der Waals surface area (Å²) < 4.78 is 34.1. The third-order valence-electron chi connectivity index (χ3n) is 6.85. The Bertz CT molecular complexity index is 1410. The minimum Gasteiger partial charge on any atom is -0.497 e. The van der Waals surface area contributed by atoms with Crippen molar-refractivity contribution in [1.82, 2.24) is 10.2 Å². The summed E-state index contributed by atoms with van der Waals surface area (Å²) in [5, 5.41) is 2.94. The van der Waals surface area contributed by atoms with Crippen molar-refractivity contribution in [2.24, 2.45) is 0 Å². The van der Waals surface area contributed by atoms with Crippen molar-refractivity contribution in [1.29, 1.82) is 0 Å². The van der Waals surface area contributed by atoms with Gasteiger partial charge in [0.25, 0.3) is 10.0 Å². The molecule has 0 fully saturated rings. The molecule has 2 unspecified atom stereocenters. The summed E-state index contributed by atoms with van der Waals surface area (Å²) in [6.45, 7) is 9.01. The summed E-state index contributed by atoms with van der Waals surface area (Å²) in [7, 11) is -2.60. The van der Waals surface area contributed by atoms with Crippen molar-refractivity contribution >= 4 is 27.5 Å². The molecule has 0 aliphatic carbocycles. The fourth-order valence-corrected chi connectivity index (χ4v) is 5.58. The first kappa shape index (κ1) is 30.7. The van der Waals surface area contributed by atoms with Gasteiger partial charge in [-0.1, -0.05) is 54.4 Å². The molecule has 0 radical (unpaired) electrons. The van der Waals surface area contributed by atoms with Gasteiger partial charge in [0.2, 0.25) is 11.8 Å². The fraction of sp³-hybridized carbons (Fsp3) is 0.355. The summed E-state index contributed by atoms with van der Waals surface area (Å²) in [6, 6.07) is 19.7. The average Bonchev–Trinajstić information content (AvgIpc) is 2.94. The quantitative estimate of drug-likeness (QED) is 0.339. The van der Waals surface area contributed by atoms with Crippen LogP contribution in [-0.2, 0) is 26.2 Å². The number of benzene rings is 3. The Hall–Kier alpha value is -3.85. The van der Waals surface area contributed by atoms with Crippen LogP contribution < -0.4 is 14.4 Å². The van der Waals surface area contributed by atoms with Crippen molar-refractivity contribution < 1.29 is 22.7 Å². The third kappa shape index (κ3) is 7.63. The van der Waals surface area contributed by atoms with Gasteiger partial charge in [-0.15, -0.1) is 0 Å². The molecule has 2 atom stereocenters. The number of nitrogens with one attached hydrogen (secondary N) is 1. The molecule has 0 spiro atoms. The Kier molecular flexibility index (Phi) is 10.3. The number of hydrogen-bond acceptors (Lipinski definition) is 5. The van der Waals surface area contributed by atoms with Gasteiger partial charge in [-0.2, -0.15) is 0 Å². The van der Waals surface area contributed by atoms with E-state index in [9.17, 15) is 18.0 Å². The lowest BCUT2D eigenvalue weighted by atomic mass is 10.1. The maximum absolute atomic E-state index is 14.0. The van der Waals surface area contributed by atoms with Crippen LogP contribution in [0.4, 0.5) is 5.69 Å². The van der Waals surface area contributed by atoms with Crippen LogP contribution in [0.25, 0.3) is 0 Å². The number of ether oxygens (including phenoxy) is 1. The number of anilines is 1. The average molecular weight is 566 g/mol.